The van der Waals surface area contributed by atoms with Crippen molar-refractivity contribution in [1.29, 1.82) is 0 Å². The van der Waals surface area contributed by atoms with Crippen LogP contribution in [-0.2, 0) is 0 Å². The third kappa shape index (κ3) is 4.29. The molecule has 100 valence electrons. The van der Waals surface area contributed by atoms with E-state index < -0.39 is 0 Å². The smallest absolute Gasteiger partial charge is 0.255 e. The monoisotopic (exact) mass is 383 g/mol. The van der Waals surface area contributed by atoms with Gasteiger partial charge in [-0.25, -0.2) is 0 Å². The fourth-order valence-corrected chi connectivity index (χ4v) is 2.01. The Labute approximate surface area is 125 Å². The molecule has 0 fully saturated rings. The van der Waals surface area contributed by atoms with Gasteiger partial charge in [0.05, 0.1) is 17.7 Å². The highest BCUT2D eigenvalue weighted by molar-refractivity contribution is 14.1. The van der Waals surface area contributed by atoms with Crippen LogP contribution < -0.4 is 10.1 Å². The van der Waals surface area contributed by atoms with E-state index in [9.17, 15) is 4.79 Å². The zero-order chi connectivity index (χ0) is 13.5. The van der Waals surface area contributed by atoms with Gasteiger partial charge in [-0.05, 0) is 47.6 Å². The molecule has 0 spiro atoms. The summed E-state index contributed by atoms with van der Waals surface area (Å²) in [7, 11) is 1.52. The maximum Gasteiger partial charge on any atom is 0.255 e. The number of carbonyl (C=O) groups is 1. The van der Waals surface area contributed by atoms with E-state index in [4.69, 9.17) is 21.4 Å². The Morgan fingerprint density at radius 1 is 1.50 bits per heavy atom. The number of aliphatic hydroxyl groups is 1. The summed E-state index contributed by atoms with van der Waals surface area (Å²) in [5.41, 5.74) is 0.423. The van der Waals surface area contributed by atoms with E-state index in [0.29, 0.717) is 29.3 Å². The number of amides is 1. The van der Waals surface area contributed by atoms with E-state index in [1.54, 1.807) is 12.1 Å². The third-order valence-corrected chi connectivity index (χ3v) is 3.88. The summed E-state index contributed by atoms with van der Waals surface area (Å²) in [5, 5.41) is 11.9. The van der Waals surface area contributed by atoms with Crippen LogP contribution in [0.5, 0.6) is 5.75 Å². The standard InChI is InChI=1S/C12H15ClINO3/c1-18-11-7-10(14)9(13)6-8(11)12(17)15-4-2-3-5-16/h6-7,16H,2-5H2,1H3,(H,15,17). The molecule has 4 nitrogen and oxygen atoms in total. The van der Waals surface area contributed by atoms with Crippen molar-refractivity contribution < 1.29 is 14.6 Å². The molecular formula is C12H15ClINO3. The van der Waals surface area contributed by atoms with Crippen LogP contribution in [0.25, 0.3) is 0 Å². The molecule has 0 aliphatic carbocycles. The van der Waals surface area contributed by atoms with E-state index in [-0.39, 0.29) is 12.5 Å². The largest absolute Gasteiger partial charge is 0.496 e. The van der Waals surface area contributed by atoms with Crippen LogP contribution in [0.2, 0.25) is 5.02 Å². The molecule has 0 aliphatic rings. The van der Waals surface area contributed by atoms with Gasteiger partial charge in [0.1, 0.15) is 5.75 Å². The van der Waals surface area contributed by atoms with Gasteiger partial charge in [0, 0.05) is 16.7 Å². The average Bonchev–Trinajstić information content (AvgIpc) is 2.37. The van der Waals surface area contributed by atoms with Gasteiger partial charge in [0.2, 0.25) is 0 Å². The molecule has 0 unspecified atom stereocenters. The number of nitrogens with one attached hydrogen (secondary N) is 1. The topological polar surface area (TPSA) is 58.6 Å². The molecule has 1 aromatic rings. The van der Waals surface area contributed by atoms with Crippen molar-refractivity contribution in [1.82, 2.24) is 5.32 Å². The Bertz CT molecular complexity index is 426. The van der Waals surface area contributed by atoms with Gasteiger partial charge < -0.3 is 15.2 Å². The van der Waals surface area contributed by atoms with Crippen LogP contribution in [0.4, 0.5) is 0 Å². The molecule has 0 radical (unpaired) electrons. The molecule has 18 heavy (non-hydrogen) atoms. The Morgan fingerprint density at radius 2 is 2.22 bits per heavy atom. The summed E-state index contributed by atoms with van der Waals surface area (Å²) in [6.45, 7) is 0.653. The van der Waals surface area contributed by atoms with Crippen LogP contribution in [0.3, 0.4) is 0 Å². The Hall–Kier alpha value is -0.530. The van der Waals surface area contributed by atoms with Gasteiger partial charge in [0.15, 0.2) is 0 Å². The second-order valence-corrected chi connectivity index (χ2v) is 5.22. The van der Waals surface area contributed by atoms with E-state index >= 15 is 0 Å². The van der Waals surface area contributed by atoms with Crippen molar-refractivity contribution in [3.05, 3.63) is 26.3 Å². The molecule has 1 amide bonds. The quantitative estimate of drug-likeness (QED) is 0.586. The van der Waals surface area contributed by atoms with Crippen LogP contribution in [0.15, 0.2) is 12.1 Å². The fraction of sp³-hybridized carbons (Fsp3) is 0.417. The summed E-state index contributed by atoms with van der Waals surface area (Å²) >= 11 is 8.08. The summed E-state index contributed by atoms with van der Waals surface area (Å²) < 4.78 is 6.00. The molecule has 0 heterocycles. The predicted molar refractivity (Wildman–Crippen MR) is 79.4 cm³/mol. The van der Waals surface area contributed by atoms with Gasteiger partial charge in [-0.1, -0.05) is 11.6 Å². The molecule has 0 saturated heterocycles. The minimum Gasteiger partial charge on any atom is -0.496 e. The highest BCUT2D eigenvalue weighted by Gasteiger charge is 2.14. The number of benzene rings is 1. The van der Waals surface area contributed by atoms with E-state index in [1.807, 2.05) is 0 Å². The minimum absolute atomic E-state index is 0.133. The van der Waals surface area contributed by atoms with Crippen LogP contribution in [-0.4, -0.2) is 31.3 Å². The van der Waals surface area contributed by atoms with E-state index in [0.717, 1.165) is 9.99 Å². The first kappa shape index (κ1) is 15.5. The number of ether oxygens (including phenoxy) is 1. The number of rotatable bonds is 6. The van der Waals surface area contributed by atoms with Crippen LogP contribution >= 0.6 is 34.2 Å². The normalized spacial score (nSPS) is 10.2. The van der Waals surface area contributed by atoms with E-state index in [1.165, 1.54) is 7.11 Å². The van der Waals surface area contributed by atoms with Gasteiger partial charge in [-0.3, -0.25) is 4.79 Å². The molecular weight excluding hydrogens is 368 g/mol. The Balaban J connectivity index is 2.75. The van der Waals surface area contributed by atoms with Crippen LogP contribution in [0, 0.1) is 3.57 Å². The second kappa shape index (κ2) is 7.81. The van der Waals surface area contributed by atoms with Crippen molar-refractivity contribution in [2.75, 3.05) is 20.3 Å². The lowest BCUT2D eigenvalue weighted by Gasteiger charge is -2.10. The summed E-state index contributed by atoms with van der Waals surface area (Å²) in [4.78, 5) is 11.9. The number of halogens is 2. The highest BCUT2D eigenvalue weighted by Crippen LogP contribution is 2.28. The maximum absolute atomic E-state index is 11.9. The summed E-state index contributed by atoms with van der Waals surface area (Å²) in [6, 6.07) is 3.33. The fourth-order valence-electron chi connectivity index (χ4n) is 1.41. The Kier molecular flexibility index (Phi) is 6.73. The first-order chi connectivity index (χ1) is 8.60. The molecule has 0 aliphatic heterocycles. The number of methoxy groups -OCH3 is 1. The van der Waals surface area contributed by atoms with Gasteiger partial charge in [-0.15, -0.1) is 0 Å². The lowest BCUT2D eigenvalue weighted by molar-refractivity contribution is 0.0949. The number of hydrogen-bond donors (Lipinski definition) is 2. The zero-order valence-electron chi connectivity index (χ0n) is 10.0. The third-order valence-electron chi connectivity index (χ3n) is 2.36. The second-order valence-electron chi connectivity index (χ2n) is 3.65. The molecule has 6 heteroatoms. The van der Waals surface area contributed by atoms with Crippen molar-refractivity contribution in [3.8, 4) is 5.75 Å². The maximum atomic E-state index is 11.9. The molecule has 1 aromatic carbocycles. The predicted octanol–water partition coefficient (Wildman–Crippen LogP) is 2.46. The molecule has 2 N–H and O–H groups in total. The number of aliphatic hydroxyl groups excluding tert-OH is 1. The molecule has 0 bridgehead atoms. The molecule has 0 atom stereocenters. The molecule has 0 saturated carbocycles. The van der Waals surface area contributed by atoms with Gasteiger partial charge >= 0.3 is 0 Å². The first-order valence-electron chi connectivity index (χ1n) is 5.52. The van der Waals surface area contributed by atoms with Crippen LogP contribution in [0.1, 0.15) is 23.2 Å². The Morgan fingerprint density at radius 3 is 2.83 bits per heavy atom. The molecule has 1 rings (SSSR count). The number of hydrogen-bond acceptors (Lipinski definition) is 3. The number of unbranched alkanes of at least 4 members (excludes halogenated alkanes) is 1. The van der Waals surface area contributed by atoms with Crippen molar-refractivity contribution >= 4 is 40.1 Å². The lowest BCUT2D eigenvalue weighted by Crippen LogP contribution is -2.25. The number of carbonyl (C=O) groups excluding carboxylic acids is 1. The van der Waals surface area contributed by atoms with Gasteiger partial charge in [0.25, 0.3) is 5.91 Å². The first-order valence-corrected chi connectivity index (χ1v) is 6.98. The minimum atomic E-state index is -0.219. The van der Waals surface area contributed by atoms with Gasteiger partial charge in [-0.2, -0.15) is 0 Å². The summed E-state index contributed by atoms with van der Waals surface area (Å²) in [5.74, 6) is 0.284. The highest BCUT2D eigenvalue weighted by atomic mass is 127. The molecule has 0 aromatic heterocycles. The lowest BCUT2D eigenvalue weighted by atomic mass is 10.2. The van der Waals surface area contributed by atoms with Crippen molar-refractivity contribution in [2.45, 2.75) is 12.8 Å². The van der Waals surface area contributed by atoms with Crippen molar-refractivity contribution in [2.24, 2.45) is 0 Å². The SMILES string of the molecule is COc1cc(I)c(Cl)cc1C(=O)NCCCCO. The zero-order valence-corrected chi connectivity index (χ0v) is 12.9. The van der Waals surface area contributed by atoms with E-state index in [2.05, 4.69) is 27.9 Å². The average molecular weight is 384 g/mol. The summed E-state index contributed by atoms with van der Waals surface area (Å²) in [6.07, 6.45) is 1.41. The van der Waals surface area contributed by atoms with Crippen molar-refractivity contribution in [3.63, 3.8) is 0 Å².